The molecule has 4 aromatic carbocycles. The monoisotopic (exact) mass is 1390 g/mol. The molecule has 0 radical (unpaired) electrons. The van der Waals surface area contributed by atoms with E-state index in [4.69, 9.17) is 30.4 Å². The summed E-state index contributed by atoms with van der Waals surface area (Å²) in [6.45, 7) is 4.20. The molecule has 2 aliphatic rings. The van der Waals surface area contributed by atoms with E-state index in [0.717, 1.165) is 21.6 Å². The second kappa shape index (κ2) is 42.5. The summed E-state index contributed by atoms with van der Waals surface area (Å²) in [4.78, 5) is 142. The fourth-order valence-corrected chi connectivity index (χ4v) is 12.8. The summed E-state index contributed by atoms with van der Waals surface area (Å²) in [5.41, 5.74) is 13.5. The van der Waals surface area contributed by atoms with Crippen LogP contribution in [0.5, 0.6) is 5.75 Å². The van der Waals surface area contributed by atoms with Gasteiger partial charge in [0.1, 0.15) is 54.3 Å². The van der Waals surface area contributed by atoms with Gasteiger partial charge in [-0.05, 0) is 73.4 Å². The van der Waals surface area contributed by atoms with Crippen LogP contribution < -0.4 is 54.0 Å². The molecule has 30 heteroatoms. The highest BCUT2D eigenvalue weighted by Gasteiger charge is 2.41. The topological polar surface area (TPSA) is 420 Å². The third-order valence-electron chi connectivity index (χ3n) is 15.7. The van der Waals surface area contributed by atoms with Crippen LogP contribution in [-0.4, -0.2) is 217 Å². The lowest BCUT2D eigenvalue weighted by Crippen LogP contribution is -2.61. The molecule has 0 aromatic heterocycles. The second-order valence-electron chi connectivity index (χ2n) is 23.2. The number of hydrogen-bond donors (Lipinski definition) is 13. The van der Waals surface area contributed by atoms with Crippen molar-refractivity contribution in [3.63, 3.8) is 0 Å². The number of phenolic OH excluding ortho intramolecular Hbond substituents is 1. The van der Waals surface area contributed by atoms with Gasteiger partial charge in [0.15, 0.2) is 0 Å². The first-order valence-corrected chi connectivity index (χ1v) is 34.8. The van der Waals surface area contributed by atoms with Gasteiger partial charge < -0.3 is 87.9 Å². The number of aliphatic hydroxyl groups excluding tert-OH is 1. The molecule has 2 heterocycles. The minimum Gasteiger partial charge on any atom is -0.508 e. The number of rotatable bonds is 32. The van der Waals surface area contributed by atoms with Gasteiger partial charge in [-0.25, -0.2) is 4.79 Å². The van der Waals surface area contributed by atoms with Gasteiger partial charge in [-0.1, -0.05) is 125 Å². The van der Waals surface area contributed by atoms with Gasteiger partial charge in [0.25, 0.3) is 0 Å². The predicted octanol–water partition coefficient (Wildman–Crippen LogP) is -0.106. The number of ether oxygens (including phenoxy) is 4. The molecule has 9 amide bonds. The van der Waals surface area contributed by atoms with Crippen molar-refractivity contribution in [1.82, 2.24) is 47.4 Å². The number of aromatic hydroxyl groups is 1. The van der Waals surface area contributed by atoms with Gasteiger partial charge in [-0.3, -0.25) is 48.5 Å². The van der Waals surface area contributed by atoms with Gasteiger partial charge in [0, 0.05) is 56.7 Å². The first-order valence-electron chi connectivity index (χ1n) is 32.3. The fraction of sp³-hybridized carbons (Fsp3) is 0.493. The molecular weight excluding hydrogens is 1290 g/mol. The van der Waals surface area contributed by atoms with E-state index in [2.05, 4.69) is 42.5 Å². The normalized spacial score (nSPS) is 21.5. The van der Waals surface area contributed by atoms with Crippen LogP contribution in [0.1, 0.15) is 67.7 Å². The quantitative estimate of drug-likeness (QED) is 0.0224. The smallest absolute Gasteiger partial charge is 0.327 e. The number of benzene rings is 4. The number of primary amides is 1. The van der Waals surface area contributed by atoms with Crippen LogP contribution in [-0.2, 0) is 92.6 Å². The molecule has 28 nitrogen and oxygen atoms in total. The van der Waals surface area contributed by atoms with Gasteiger partial charge >= 0.3 is 5.97 Å². The SMILES string of the molecule is C[C@@H]1NC(O)[C@H](Cc2ccccc2)NC(=O)[C@H](CCC(N)=O)NC(=O)[C@H](NC(=O)[C@@H]2CCCN2C(=O)[C@H](Cc2ccccc2)NC(=O)[C@H](Cc2ccc(O)cc2)NC(=O)CCOCCOCCOCCOCCN)CCSSC[C@@H](C(=O)O)NC(=O)[C@H](Cc2ccccc2)NC1=O. The maximum absolute atomic E-state index is 15.1. The van der Waals surface area contributed by atoms with Crippen molar-refractivity contribution in [3.8, 4) is 5.75 Å². The second-order valence-corrected chi connectivity index (χ2v) is 25.9. The van der Waals surface area contributed by atoms with Crippen molar-refractivity contribution in [2.24, 2.45) is 11.5 Å². The van der Waals surface area contributed by atoms with E-state index in [1.54, 1.807) is 103 Å². The molecule has 10 atom stereocenters. The molecule has 0 aliphatic carbocycles. The van der Waals surface area contributed by atoms with Crippen molar-refractivity contribution in [3.05, 3.63) is 138 Å². The van der Waals surface area contributed by atoms with E-state index >= 15 is 4.79 Å². The van der Waals surface area contributed by atoms with Gasteiger partial charge in [-0.15, -0.1) is 0 Å². The number of aliphatic carboxylic acids is 1. The van der Waals surface area contributed by atoms with E-state index < -0.39 is 126 Å². The summed E-state index contributed by atoms with van der Waals surface area (Å²) in [6, 6.07) is 20.3. The highest BCUT2D eigenvalue weighted by Crippen LogP contribution is 2.26. The first-order chi connectivity index (χ1) is 46.8. The molecule has 4 aromatic rings. The summed E-state index contributed by atoms with van der Waals surface area (Å²) >= 11 is 0. The Morgan fingerprint density at radius 3 is 1.79 bits per heavy atom. The Bertz CT molecular complexity index is 3150. The van der Waals surface area contributed by atoms with Crippen LogP contribution in [0.3, 0.4) is 0 Å². The Balaban J connectivity index is 1.22. The minimum atomic E-state index is -1.68. The highest BCUT2D eigenvalue weighted by molar-refractivity contribution is 8.76. The largest absolute Gasteiger partial charge is 0.508 e. The molecule has 1 unspecified atom stereocenters. The van der Waals surface area contributed by atoms with E-state index in [1.807, 2.05) is 0 Å². The molecule has 2 fully saturated rings. The van der Waals surface area contributed by atoms with Gasteiger partial charge in [0.05, 0.1) is 64.9 Å². The van der Waals surface area contributed by atoms with Crippen LogP contribution in [0.25, 0.3) is 0 Å². The number of carbonyl (C=O) groups excluding carboxylic acids is 9. The molecule has 0 bridgehead atoms. The third kappa shape index (κ3) is 28.0. The number of carboxylic acid groups (broad SMARTS) is 1. The summed E-state index contributed by atoms with van der Waals surface area (Å²) in [6.07, 6.45) is -2.45. The zero-order chi connectivity index (χ0) is 69.9. The zero-order valence-electron chi connectivity index (χ0n) is 54.3. The van der Waals surface area contributed by atoms with Gasteiger partial charge in [-0.2, -0.15) is 0 Å². The Labute approximate surface area is 571 Å². The Kier molecular flexibility index (Phi) is 34.1. The number of nitrogens with one attached hydrogen (secondary N) is 8. The van der Waals surface area contributed by atoms with Crippen LogP contribution in [0.4, 0.5) is 0 Å². The molecule has 6 rings (SSSR count). The molecule has 15 N–H and O–H groups in total. The number of likely N-dealkylation sites (tertiary alicyclic amines) is 1. The number of amides is 9. The van der Waals surface area contributed by atoms with E-state index in [0.29, 0.717) is 68.3 Å². The molecule has 2 aliphatic heterocycles. The molecule has 2 saturated heterocycles. The lowest BCUT2D eigenvalue weighted by atomic mass is 10.0. The number of nitrogens with zero attached hydrogens (tertiary/aromatic N) is 1. The van der Waals surface area contributed by atoms with Crippen molar-refractivity contribution in [2.75, 3.05) is 77.5 Å². The lowest BCUT2D eigenvalue weighted by molar-refractivity contribution is -0.142. The molecule has 0 spiro atoms. The number of nitrogens with two attached hydrogens (primary N) is 2. The fourth-order valence-electron chi connectivity index (χ4n) is 10.5. The van der Waals surface area contributed by atoms with Crippen LogP contribution in [0, 0.1) is 0 Å². The first kappa shape index (κ1) is 77.8. The Hall–Kier alpha value is -8.20. The zero-order valence-corrected chi connectivity index (χ0v) is 55.9. The standard InChI is InChI=1S/C67H91N11O17S2/c1-43-59(82)74-53(39-45-14-7-3-8-15-45)64(87)77-55(67(90)91)42-97-96-37-26-50(61(84)72-49(23-24-57(69)80)60(83)75-52(62(85)70-43)38-44-12-5-2-6-13-44)73-65(88)56-18-11-28-78(56)66(89)54(41-46-16-9-4-10-17-46)76-63(86)51(40-47-19-21-48(79)22-20-47)71-58(81)25-29-92-31-33-94-35-36-95-34-32-93-30-27-68/h2-10,12-17,19-22,43,49-56,62,70,79,85H,11,18,23-42,68H2,1H3,(H2,69,80)(H,71,81)(H,72,84)(H,73,88)(H,74,82)(H,75,83)(H,76,86)(H,77,87)(H,90,91)/t43-,49-,50+,51-,52-,53-,54-,55-,56-,62?/m0/s1. The lowest BCUT2D eigenvalue weighted by Gasteiger charge is -2.31. The number of carboxylic acids is 1. The Morgan fingerprint density at radius 1 is 0.629 bits per heavy atom. The van der Waals surface area contributed by atoms with Gasteiger partial charge in [0.2, 0.25) is 53.2 Å². The van der Waals surface area contributed by atoms with E-state index in [9.17, 15) is 58.5 Å². The van der Waals surface area contributed by atoms with Crippen LogP contribution in [0.15, 0.2) is 115 Å². The van der Waals surface area contributed by atoms with Crippen molar-refractivity contribution in [1.29, 1.82) is 0 Å². The number of phenols is 1. The summed E-state index contributed by atoms with van der Waals surface area (Å²) < 4.78 is 21.9. The van der Waals surface area contributed by atoms with Crippen LogP contribution >= 0.6 is 21.6 Å². The van der Waals surface area contributed by atoms with Crippen molar-refractivity contribution in [2.45, 2.75) is 132 Å². The van der Waals surface area contributed by atoms with E-state index in [-0.39, 0.29) is 95.0 Å². The average molecular weight is 1390 g/mol. The maximum atomic E-state index is 15.1. The van der Waals surface area contributed by atoms with Crippen molar-refractivity contribution < 1.29 is 82.2 Å². The molecule has 528 valence electrons. The molecular formula is C67H91N11O17S2. The maximum Gasteiger partial charge on any atom is 0.327 e. The molecule has 0 saturated carbocycles. The number of hydrogen-bond acceptors (Lipinski definition) is 20. The summed E-state index contributed by atoms with van der Waals surface area (Å²) in [7, 11) is 2.15. The average Bonchev–Trinajstić information content (AvgIpc) is 2.14. The highest BCUT2D eigenvalue weighted by atomic mass is 33.1. The number of aliphatic hydroxyl groups is 1. The number of carbonyl (C=O) groups is 10. The van der Waals surface area contributed by atoms with Crippen molar-refractivity contribution >= 4 is 80.7 Å². The third-order valence-corrected chi connectivity index (χ3v) is 18.2. The summed E-state index contributed by atoms with van der Waals surface area (Å²) in [5.74, 6) is -8.41. The van der Waals surface area contributed by atoms with E-state index in [1.165, 1.54) is 24.0 Å². The minimum absolute atomic E-state index is 0.0114. The predicted molar refractivity (Wildman–Crippen MR) is 362 cm³/mol. The summed E-state index contributed by atoms with van der Waals surface area (Å²) in [5, 5.41) is 54.1. The molecule has 97 heavy (non-hydrogen) atoms. The Morgan fingerprint density at radius 2 is 1.19 bits per heavy atom. The van der Waals surface area contributed by atoms with Crippen LogP contribution in [0.2, 0.25) is 0 Å².